The second-order valence-electron chi connectivity index (χ2n) is 5.73. The lowest BCUT2D eigenvalue weighted by atomic mass is 10.2. The van der Waals surface area contributed by atoms with Crippen LogP contribution in [-0.2, 0) is 4.79 Å². The van der Waals surface area contributed by atoms with Crippen LogP contribution in [0.25, 0.3) is 11.3 Å². The molecule has 6 heteroatoms. The van der Waals surface area contributed by atoms with Gasteiger partial charge in [-0.3, -0.25) is 9.69 Å². The van der Waals surface area contributed by atoms with Crippen LogP contribution < -0.4 is 9.80 Å². The minimum Gasteiger partial charge on any atom is -0.340 e. The Kier molecular flexibility index (Phi) is 6.57. The molecule has 2 rings (SSSR count). The molecule has 2 aromatic rings. The first-order chi connectivity index (χ1) is 11.0. The Morgan fingerprint density at radius 3 is 2.61 bits per heavy atom. The predicted octanol–water partition coefficient (Wildman–Crippen LogP) is 2.74. The van der Waals surface area contributed by atoms with E-state index in [1.54, 1.807) is 0 Å². The number of aromatic nitrogens is 1. The maximum absolute atomic E-state index is 12.2. The zero-order valence-corrected chi connectivity index (χ0v) is 15.4. The topological polar surface area (TPSA) is 37.6 Å². The van der Waals surface area contributed by atoms with Crippen LogP contribution in [0.2, 0.25) is 5.02 Å². The van der Waals surface area contributed by atoms with Gasteiger partial charge in [-0.05, 0) is 12.1 Å². The van der Waals surface area contributed by atoms with Crippen molar-refractivity contribution in [1.29, 1.82) is 0 Å². The largest absolute Gasteiger partial charge is 0.340 e. The third-order valence-corrected chi connectivity index (χ3v) is 4.64. The Hall–Kier alpha value is -1.43. The van der Waals surface area contributed by atoms with Gasteiger partial charge in [-0.2, -0.15) is 0 Å². The summed E-state index contributed by atoms with van der Waals surface area (Å²) in [5, 5.41) is 3.47. The molecule has 0 aliphatic rings. The SMILES string of the molecule is CCC(=O)N(CCC[NH+](C)C)c1nc(-c2ccc(Cl)cc2)cs1. The van der Waals surface area contributed by atoms with Crippen LogP contribution in [0.1, 0.15) is 19.8 Å². The number of anilines is 1. The Morgan fingerprint density at radius 1 is 1.30 bits per heavy atom. The van der Waals surface area contributed by atoms with Gasteiger partial charge in [0.05, 0.1) is 26.3 Å². The Morgan fingerprint density at radius 2 is 2.00 bits per heavy atom. The molecule has 0 aliphatic carbocycles. The lowest BCUT2D eigenvalue weighted by Gasteiger charge is -2.19. The van der Waals surface area contributed by atoms with Gasteiger partial charge < -0.3 is 4.90 Å². The molecular formula is C17H23ClN3OS+. The van der Waals surface area contributed by atoms with E-state index < -0.39 is 0 Å². The highest BCUT2D eigenvalue weighted by Gasteiger charge is 2.18. The van der Waals surface area contributed by atoms with Crippen molar-refractivity contribution in [3.63, 3.8) is 0 Å². The van der Waals surface area contributed by atoms with Crippen molar-refractivity contribution in [3.05, 3.63) is 34.7 Å². The number of nitrogens with zero attached hydrogens (tertiary/aromatic N) is 2. The van der Waals surface area contributed by atoms with E-state index in [1.807, 2.05) is 41.5 Å². The van der Waals surface area contributed by atoms with E-state index in [4.69, 9.17) is 11.6 Å². The van der Waals surface area contributed by atoms with Gasteiger partial charge in [-0.15, -0.1) is 11.3 Å². The summed E-state index contributed by atoms with van der Waals surface area (Å²) in [7, 11) is 4.24. The molecule has 0 atom stereocenters. The molecule has 1 N–H and O–H groups in total. The first kappa shape index (κ1) is 17.9. The van der Waals surface area contributed by atoms with Gasteiger partial charge in [-0.25, -0.2) is 4.98 Å². The van der Waals surface area contributed by atoms with Crippen LogP contribution in [0, 0.1) is 0 Å². The first-order valence-corrected chi connectivity index (χ1v) is 9.08. The van der Waals surface area contributed by atoms with Crippen LogP contribution in [0.5, 0.6) is 0 Å². The highest BCUT2D eigenvalue weighted by molar-refractivity contribution is 7.14. The summed E-state index contributed by atoms with van der Waals surface area (Å²) in [6.45, 7) is 3.63. The number of benzene rings is 1. The molecule has 1 heterocycles. The average Bonchev–Trinajstić information content (AvgIpc) is 3.01. The Balaban J connectivity index is 2.15. The minimum absolute atomic E-state index is 0.121. The fourth-order valence-electron chi connectivity index (χ4n) is 2.25. The highest BCUT2D eigenvalue weighted by atomic mass is 35.5. The van der Waals surface area contributed by atoms with Crippen molar-refractivity contribution in [2.75, 3.05) is 32.1 Å². The minimum atomic E-state index is 0.121. The average molecular weight is 353 g/mol. The standard InChI is InChI=1S/C17H22ClN3OS/c1-4-16(22)21(11-5-10-20(2)3)17-19-15(12-23-17)13-6-8-14(18)9-7-13/h6-9,12H,4-5,10-11H2,1-3H3/p+1. The molecular weight excluding hydrogens is 330 g/mol. The van der Waals surface area contributed by atoms with Gasteiger partial charge in [0.2, 0.25) is 5.91 Å². The number of nitrogens with one attached hydrogen (secondary N) is 1. The number of amides is 1. The van der Waals surface area contributed by atoms with Gasteiger partial charge in [0, 0.05) is 35.4 Å². The van der Waals surface area contributed by atoms with E-state index in [1.165, 1.54) is 16.2 Å². The fourth-order valence-corrected chi connectivity index (χ4v) is 3.25. The highest BCUT2D eigenvalue weighted by Crippen LogP contribution is 2.28. The number of quaternary nitrogens is 1. The van der Waals surface area contributed by atoms with Gasteiger partial charge >= 0.3 is 0 Å². The van der Waals surface area contributed by atoms with Crippen molar-refractivity contribution in [2.45, 2.75) is 19.8 Å². The summed E-state index contributed by atoms with van der Waals surface area (Å²) < 4.78 is 0. The maximum Gasteiger partial charge on any atom is 0.228 e. The summed E-state index contributed by atoms with van der Waals surface area (Å²) in [5.41, 5.74) is 1.90. The van der Waals surface area contributed by atoms with Gasteiger partial charge in [0.1, 0.15) is 0 Å². The maximum atomic E-state index is 12.2. The summed E-state index contributed by atoms with van der Waals surface area (Å²) >= 11 is 7.44. The summed E-state index contributed by atoms with van der Waals surface area (Å²) in [6.07, 6.45) is 1.45. The quantitative estimate of drug-likeness (QED) is 0.832. The van der Waals surface area contributed by atoms with Crippen molar-refractivity contribution in [3.8, 4) is 11.3 Å². The molecule has 1 aromatic heterocycles. The van der Waals surface area contributed by atoms with Crippen molar-refractivity contribution >= 4 is 34.0 Å². The molecule has 23 heavy (non-hydrogen) atoms. The summed E-state index contributed by atoms with van der Waals surface area (Å²) in [4.78, 5) is 20.1. The van der Waals surface area contributed by atoms with E-state index in [2.05, 4.69) is 19.1 Å². The molecule has 0 unspecified atom stereocenters. The molecule has 1 aromatic carbocycles. The molecule has 124 valence electrons. The lowest BCUT2D eigenvalue weighted by molar-refractivity contribution is -0.858. The van der Waals surface area contributed by atoms with Crippen molar-refractivity contribution in [2.24, 2.45) is 0 Å². The second kappa shape index (κ2) is 8.43. The number of hydrogen-bond acceptors (Lipinski definition) is 3. The normalized spacial score (nSPS) is 11.0. The van der Waals surface area contributed by atoms with Crippen molar-refractivity contribution in [1.82, 2.24) is 4.98 Å². The van der Waals surface area contributed by atoms with Crippen LogP contribution in [0.4, 0.5) is 5.13 Å². The zero-order chi connectivity index (χ0) is 16.8. The van der Waals surface area contributed by atoms with Gasteiger partial charge in [0.15, 0.2) is 5.13 Å². The van der Waals surface area contributed by atoms with Gasteiger partial charge in [-0.1, -0.05) is 30.7 Å². The van der Waals surface area contributed by atoms with Crippen LogP contribution in [-0.4, -0.2) is 38.1 Å². The molecule has 0 saturated carbocycles. The summed E-state index contributed by atoms with van der Waals surface area (Å²) in [5.74, 6) is 0.121. The molecule has 0 bridgehead atoms. The summed E-state index contributed by atoms with van der Waals surface area (Å²) in [6, 6.07) is 7.60. The Labute approximate surface area is 146 Å². The van der Waals surface area contributed by atoms with Crippen LogP contribution in [0.3, 0.4) is 0 Å². The smallest absolute Gasteiger partial charge is 0.228 e. The lowest BCUT2D eigenvalue weighted by Crippen LogP contribution is -3.05. The number of halogens is 1. The molecule has 0 fully saturated rings. The number of thiazole rings is 1. The van der Waals surface area contributed by atoms with Crippen LogP contribution in [0.15, 0.2) is 29.6 Å². The zero-order valence-electron chi connectivity index (χ0n) is 13.8. The van der Waals surface area contributed by atoms with Gasteiger partial charge in [0.25, 0.3) is 0 Å². The third-order valence-electron chi connectivity index (χ3n) is 3.52. The van der Waals surface area contributed by atoms with E-state index in [0.29, 0.717) is 18.0 Å². The predicted molar refractivity (Wildman–Crippen MR) is 97.5 cm³/mol. The second-order valence-corrected chi connectivity index (χ2v) is 7.00. The first-order valence-electron chi connectivity index (χ1n) is 7.82. The van der Waals surface area contributed by atoms with Crippen LogP contribution >= 0.6 is 22.9 Å². The van der Waals surface area contributed by atoms with E-state index in [9.17, 15) is 4.79 Å². The van der Waals surface area contributed by atoms with E-state index in [-0.39, 0.29) is 5.91 Å². The molecule has 4 nitrogen and oxygen atoms in total. The third kappa shape index (κ3) is 5.03. The Bertz CT molecular complexity index is 640. The van der Waals surface area contributed by atoms with E-state index >= 15 is 0 Å². The number of carbonyl (C=O) groups excluding carboxylic acids is 1. The number of rotatable bonds is 7. The van der Waals surface area contributed by atoms with E-state index in [0.717, 1.165) is 29.4 Å². The fraction of sp³-hybridized carbons (Fsp3) is 0.412. The molecule has 0 spiro atoms. The van der Waals surface area contributed by atoms with Crippen molar-refractivity contribution < 1.29 is 9.69 Å². The monoisotopic (exact) mass is 352 g/mol. The molecule has 0 saturated heterocycles. The molecule has 1 amide bonds. The number of carbonyl (C=O) groups is 1. The number of hydrogen-bond donors (Lipinski definition) is 1. The molecule has 0 radical (unpaired) electrons. The molecule has 0 aliphatic heterocycles.